The molecule has 0 rings (SSSR count). The van der Waals surface area contributed by atoms with Gasteiger partial charge in [0.2, 0.25) is 5.91 Å². The molecule has 0 radical (unpaired) electrons. The van der Waals surface area contributed by atoms with Crippen LogP contribution in [0.4, 0.5) is 0 Å². The van der Waals surface area contributed by atoms with Gasteiger partial charge in [0.05, 0.1) is 12.5 Å². The van der Waals surface area contributed by atoms with Crippen molar-refractivity contribution in [2.24, 2.45) is 23.1 Å². The van der Waals surface area contributed by atoms with E-state index < -0.39 is 5.97 Å². The van der Waals surface area contributed by atoms with Crippen LogP contribution in [-0.4, -0.2) is 80.8 Å². The standard InChI is InChI=1S/C39H76N2O3.C10H26N4/c1-3-5-7-9-11-13-15-16-17-18-19-21-23-25-27-30-34-41(38(42)36-40)35-31-29-33-37(39(43)44)32-28-26-24-22-20-14-12-10-8-6-4-2;11-5-3-9-13-7-1-2-8-14-10-4-6-12/h22,24,37H,3-21,23,25-36,40H2,1-2H3,(H,43,44);13-14H,1-12H2/b24-22+;. The van der Waals surface area contributed by atoms with E-state index in [4.69, 9.17) is 17.2 Å². The summed E-state index contributed by atoms with van der Waals surface area (Å²) in [7, 11) is 0. The van der Waals surface area contributed by atoms with Crippen LogP contribution in [0.5, 0.6) is 0 Å². The zero-order chi connectivity index (χ0) is 42.8. The number of rotatable bonds is 46. The molecule has 0 aliphatic heterocycles. The zero-order valence-electron chi connectivity index (χ0n) is 38.9. The Bertz CT molecular complexity index is 833. The Morgan fingerprint density at radius 3 is 1.26 bits per heavy atom. The van der Waals surface area contributed by atoms with Crippen molar-refractivity contribution in [1.82, 2.24) is 15.5 Å². The number of amides is 1. The minimum atomic E-state index is -0.677. The summed E-state index contributed by atoms with van der Waals surface area (Å²) in [6.07, 6.45) is 44.7. The van der Waals surface area contributed by atoms with Gasteiger partial charge in [0.1, 0.15) is 0 Å². The predicted octanol–water partition coefficient (Wildman–Crippen LogP) is 11.0. The van der Waals surface area contributed by atoms with E-state index in [-0.39, 0.29) is 18.4 Å². The van der Waals surface area contributed by atoms with Crippen molar-refractivity contribution in [3.63, 3.8) is 0 Å². The molecule has 0 aromatic rings. The van der Waals surface area contributed by atoms with Gasteiger partial charge in [-0.05, 0) is 116 Å². The van der Waals surface area contributed by atoms with E-state index in [1.54, 1.807) is 0 Å². The van der Waals surface area contributed by atoms with E-state index in [0.717, 1.165) is 104 Å². The number of hydrogen-bond acceptors (Lipinski definition) is 7. The first-order valence-electron chi connectivity index (χ1n) is 25.1. The predicted molar refractivity (Wildman–Crippen MR) is 253 cm³/mol. The monoisotopic (exact) mass is 823 g/mol. The summed E-state index contributed by atoms with van der Waals surface area (Å²) >= 11 is 0. The maximum atomic E-state index is 12.4. The molecule has 0 heterocycles. The number of nitrogens with two attached hydrogens (primary N) is 3. The average Bonchev–Trinajstić information content (AvgIpc) is 3.23. The highest BCUT2D eigenvalue weighted by atomic mass is 16.4. The lowest BCUT2D eigenvalue weighted by molar-refractivity contribution is -0.142. The van der Waals surface area contributed by atoms with Gasteiger partial charge in [-0.25, -0.2) is 0 Å². The van der Waals surface area contributed by atoms with Crippen LogP contribution in [0.1, 0.15) is 226 Å². The molecule has 0 bridgehead atoms. The first-order chi connectivity index (χ1) is 28.5. The van der Waals surface area contributed by atoms with E-state index in [2.05, 4.69) is 36.6 Å². The van der Waals surface area contributed by atoms with Crippen LogP contribution >= 0.6 is 0 Å². The zero-order valence-corrected chi connectivity index (χ0v) is 38.9. The molecule has 0 aromatic carbocycles. The van der Waals surface area contributed by atoms with Crippen molar-refractivity contribution in [2.45, 2.75) is 226 Å². The number of nitrogens with one attached hydrogen (secondary N) is 2. The highest BCUT2D eigenvalue weighted by molar-refractivity contribution is 5.77. The van der Waals surface area contributed by atoms with Gasteiger partial charge in [0.15, 0.2) is 0 Å². The number of nitrogens with zero attached hydrogens (tertiary/aromatic N) is 1. The van der Waals surface area contributed by atoms with Gasteiger partial charge in [-0.3, -0.25) is 9.59 Å². The minimum Gasteiger partial charge on any atom is -0.481 e. The fraction of sp³-hybridized carbons (Fsp3) is 0.918. The topological polar surface area (TPSA) is 160 Å². The number of hydrogen-bond donors (Lipinski definition) is 6. The number of aliphatic carboxylic acids is 1. The van der Waals surface area contributed by atoms with E-state index in [1.807, 2.05) is 4.90 Å². The van der Waals surface area contributed by atoms with Crippen molar-refractivity contribution in [2.75, 3.05) is 58.9 Å². The molecule has 0 saturated heterocycles. The first kappa shape index (κ1) is 58.6. The number of allylic oxidation sites excluding steroid dienone is 2. The van der Waals surface area contributed by atoms with Crippen LogP contribution in [0, 0.1) is 5.92 Å². The van der Waals surface area contributed by atoms with Crippen LogP contribution in [-0.2, 0) is 9.59 Å². The summed E-state index contributed by atoms with van der Waals surface area (Å²) in [4.78, 5) is 26.1. The molecule has 346 valence electrons. The smallest absolute Gasteiger partial charge is 0.306 e. The van der Waals surface area contributed by atoms with Gasteiger partial charge in [-0.15, -0.1) is 0 Å². The second-order valence-corrected chi connectivity index (χ2v) is 16.9. The molecule has 0 spiro atoms. The molecule has 1 atom stereocenters. The second kappa shape index (κ2) is 51.6. The number of carboxylic acids is 1. The normalized spacial score (nSPS) is 11.9. The SMILES string of the molecule is CCCCCCCC/C=C/CCCC(CCCCN(CCCCCCCCCCCCCCCCCC)C(=O)CN)C(=O)O.NCCCNCCCCNCCCN. The average molecular weight is 823 g/mol. The van der Waals surface area contributed by atoms with Crippen LogP contribution < -0.4 is 27.8 Å². The van der Waals surface area contributed by atoms with E-state index in [0.29, 0.717) is 13.0 Å². The Morgan fingerprint density at radius 2 is 0.845 bits per heavy atom. The number of carbonyl (C=O) groups is 2. The molecule has 1 amide bonds. The van der Waals surface area contributed by atoms with Gasteiger partial charge in [0.25, 0.3) is 0 Å². The van der Waals surface area contributed by atoms with Crippen LogP contribution in [0.2, 0.25) is 0 Å². The first-order valence-corrected chi connectivity index (χ1v) is 25.1. The van der Waals surface area contributed by atoms with Gasteiger partial charge >= 0.3 is 5.97 Å². The minimum absolute atomic E-state index is 0.0218. The van der Waals surface area contributed by atoms with Crippen molar-refractivity contribution in [1.29, 1.82) is 0 Å². The molecule has 0 aliphatic carbocycles. The van der Waals surface area contributed by atoms with Gasteiger partial charge in [0, 0.05) is 13.1 Å². The molecule has 0 saturated carbocycles. The van der Waals surface area contributed by atoms with Gasteiger partial charge in [-0.2, -0.15) is 0 Å². The molecule has 9 N–H and O–H groups in total. The van der Waals surface area contributed by atoms with E-state index in [9.17, 15) is 14.7 Å². The number of carbonyl (C=O) groups excluding carboxylic acids is 1. The summed E-state index contributed by atoms with van der Waals surface area (Å²) < 4.78 is 0. The second-order valence-electron chi connectivity index (χ2n) is 16.9. The molecular weight excluding hydrogens is 721 g/mol. The van der Waals surface area contributed by atoms with Crippen LogP contribution in [0.15, 0.2) is 12.2 Å². The summed E-state index contributed by atoms with van der Waals surface area (Å²) in [6.45, 7) is 12.0. The van der Waals surface area contributed by atoms with Gasteiger partial charge < -0.3 is 37.8 Å². The third kappa shape index (κ3) is 47.2. The lowest BCUT2D eigenvalue weighted by atomic mass is 9.95. The molecule has 0 fully saturated rings. The molecular formula is C49H102N6O3. The van der Waals surface area contributed by atoms with Crippen molar-refractivity contribution in [3.8, 4) is 0 Å². The van der Waals surface area contributed by atoms with E-state index in [1.165, 1.54) is 148 Å². The fourth-order valence-corrected chi connectivity index (χ4v) is 7.39. The Balaban J connectivity index is 0. The largest absolute Gasteiger partial charge is 0.481 e. The van der Waals surface area contributed by atoms with Gasteiger partial charge in [-0.1, -0.05) is 161 Å². The summed E-state index contributed by atoms with van der Waals surface area (Å²) in [5.41, 5.74) is 16.4. The third-order valence-corrected chi connectivity index (χ3v) is 11.3. The van der Waals surface area contributed by atoms with E-state index >= 15 is 0 Å². The summed E-state index contributed by atoms with van der Waals surface area (Å²) in [5.74, 6) is -0.932. The summed E-state index contributed by atoms with van der Waals surface area (Å²) in [5, 5.41) is 16.4. The Morgan fingerprint density at radius 1 is 0.483 bits per heavy atom. The number of carboxylic acid groups (broad SMARTS) is 1. The Labute approximate surface area is 361 Å². The molecule has 1 unspecified atom stereocenters. The van der Waals surface area contributed by atoms with Crippen LogP contribution in [0.3, 0.4) is 0 Å². The van der Waals surface area contributed by atoms with Crippen molar-refractivity contribution >= 4 is 11.9 Å². The fourth-order valence-electron chi connectivity index (χ4n) is 7.39. The highest BCUT2D eigenvalue weighted by Crippen LogP contribution is 2.18. The quantitative estimate of drug-likeness (QED) is 0.0261. The Kier molecular flexibility index (Phi) is 52.1. The van der Waals surface area contributed by atoms with Crippen LogP contribution in [0.25, 0.3) is 0 Å². The van der Waals surface area contributed by atoms with Crippen molar-refractivity contribution < 1.29 is 14.7 Å². The lowest BCUT2D eigenvalue weighted by Crippen LogP contribution is -2.37. The molecule has 58 heavy (non-hydrogen) atoms. The highest BCUT2D eigenvalue weighted by Gasteiger charge is 2.17. The lowest BCUT2D eigenvalue weighted by Gasteiger charge is -2.22. The van der Waals surface area contributed by atoms with Crippen molar-refractivity contribution in [3.05, 3.63) is 12.2 Å². The number of unbranched alkanes of at least 4 members (excludes halogenated alkanes) is 24. The molecule has 0 aromatic heterocycles. The maximum absolute atomic E-state index is 12.4. The maximum Gasteiger partial charge on any atom is 0.306 e. The molecule has 9 heteroatoms. The Hall–Kier alpha value is -1.52. The molecule has 9 nitrogen and oxygen atoms in total. The third-order valence-electron chi connectivity index (χ3n) is 11.3. The molecule has 0 aliphatic rings. The summed E-state index contributed by atoms with van der Waals surface area (Å²) in [6, 6.07) is 0.